The number of nitrogens with one attached hydrogen (secondary N) is 3. The number of hydrogen-bond donors (Lipinski definition) is 3. The third-order valence-corrected chi connectivity index (χ3v) is 4.69. The van der Waals surface area contributed by atoms with Crippen LogP contribution in [0, 0.1) is 4.77 Å². The number of H-pyrrole nitrogens is 1. The summed E-state index contributed by atoms with van der Waals surface area (Å²) in [5.41, 5.74) is 7.40. The van der Waals surface area contributed by atoms with Gasteiger partial charge in [-0.1, -0.05) is 0 Å². The molecule has 3 N–H and O–H groups in total. The third kappa shape index (κ3) is 2.44. The minimum atomic E-state index is -0.0199. The van der Waals surface area contributed by atoms with Crippen molar-refractivity contribution < 1.29 is 13.9 Å². The molecule has 2 atom stereocenters. The quantitative estimate of drug-likeness (QED) is 0.621. The number of fused-ring (bicyclic) bond motifs is 1. The molecular weight excluding hydrogens is 342 g/mol. The van der Waals surface area contributed by atoms with E-state index >= 15 is 0 Å². The number of hydrogen-bond acceptors (Lipinski definition) is 7. The minimum Gasteiger partial charge on any atom is -0.468 e. The van der Waals surface area contributed by atoms with E-state index in [4.69, 9.17) is 26.1 Å². The second-order valence-electron chi connectivity index (χ2n) is 5.90. The van der Waals surface area contributed by atoms with Crippen molar-refractivity contribution in [1.82, 2.24) is 25.6 Å². The highest BCUT2D eigenvalue weighted by Gasteiger charge is 2.31. The van der Waals surface area contributed by atoms with Gasteiger partial charge in [0.25, 0.3) is 0 Å². The van der Waals surface area contributed by atoms with Crippen LogP contribution in [0.1, 0.15) is 30.1 Å². The molecule has 9 heteroatoms. The van der Waals surface area contributed by atoms with Crippen LogP contribution >= 0.6 is 12.2 Å². The van der Waals surface area contributed by atoms with Crippen LogP contribution in [0.2, 0.25) is 0 Å². The molecule has 0 aliphatic carbocycles. The molecule has 4 heterocycles. The lowest BCUT2D eigenvalue weighted by molar-refractivity contribution is 0.174. The molecule has 5 rings (SSSR count). The lowest BCUT2D eigenvalue weighted by Gasteiger charge is -2.12. The maximum Gasteiger partial charge on any atom is 0.231 e. The number of furan rings is 1. The Kier molecular flexibility index (Phi) is 3.37. The van der Waals surface area contributed by atoms with Crippen LogP contribution in [-0.2, 0) is 0 Å². The Labute approximate surface area is 147 Å². The van der Waals surface area contributed by atoms with E-state index in [0.717, 1.165) is 29.4 Å². The zero-order chi connectivity index (χ0) is 16.8. The molecule has 0 radical (unpaired) electrons. The van der Waals surface area contributed by atoms with Gasteiger partial charge in [-0.2, -0.15) is 5.10 Å². The van der Waals surface area contributed by atoms with Crippen LogP contribution in [0.3, 0.4) is 0 Å². The van der Waals surface area contributed by atoms with Crippen LogP contribution in [0.25, 0.3) is 5.69 Å². The van der Waals surface area contributed by atoms with Gasteiger partial charge >= 0.3 is 0 Å². The molecule has 2 unspecified atom stereocenters. The summed E-state index contributed by atoms with van der Waals surface area (Å²) in [5.74, 6) is 3.13. The molecule has 2 aliphatic rings. The van der Waals surface area contributed by atoms with Crippen molar-refractivity contribution in [2.75, 3.05) is 6.79 Å². The fourth-order valence-corrected chi connectivity index (χ4v) is 3.46. The van der Waals surface area contributed by atoms with E-state index in [1.165, 1.54) is 0 Å². The smallest absolute Gasteiger partial charge is 0.231 e. The first-order valence-electron chi connectivity index (χ1n) is 7.91. The fraction of sp³-hybridized carbons (Fsp3) is 0.250. The summed E-state index contributed by atoms with van der Waals surface area (Å²) in [6.07, 6.45) is 2.46. The van der Waals surface area contributed by atoms with Gasteiger partial charge in [0.2, 0.25) is 6.79 Å². The van der Waals surface area contributed by atoms with E-state index in [1.54, 1.807) is 6.26 Å². The molecule has 128 valence electrons. The van der Waals surface area contributed by atoms with Crippen molar-refractivity contribution in [3.8, 4) is 17.2 Å². The predicted octanol–water partition coefficient (Wildman–Crippen LogP) is 2.53. The van der Waals surface area contributed by atoms with Gasteiger partial charge in [-0.15, -0.1) is 0 Å². The normalized spacial score (nSPS) is 21.8. The molecule has 1 saturated heterocycles. The van der Waals surface area contributed by atoms with Crippen molar-refractivity contribution in [3.63, 3.8) is 0 Å². The molecule has 0 spiro atoms. The Balaban J connectivity index is 1.49. The summed E-state index contributed by atoms with van der Waals surface area (Å²) >= 11 is 5.43. The predicted molar refractivity (Wildman–Crippen MR) is 90.0 cm³/mol. The SMILES string of the molecule is S=c1[nH]nc(C2CC(c3ccco3)NN2)n1-c1ccc2c(c1)OCO2. The number of aromatic amines is 1. The van der Waals surface area contributed by atoms with Gasteiger partial charge in [0.05, 0.1) is 24.0 Å². The number of benzene rings is 1. The van der Waals surface area contributed by atoms with Crippen LogP contribution in [0.4, 0.5) is 0 Å². The van der Waals surface area contributed by atoms with E-state index < -0.39 is 0 Å². The highest BCUT2D eigenvalue weighted by atomic mass is 32.1. The van der Waals surface area contributed by atoms with Gasteiger partial charge in [0.15, 0.2) is 22.1 Å². The number of ether oxygens (including phenoxy) is 2. The average Bonchev–Trinajstić information content (AvgIpc) is 3.39. The van der Waals surface area contributed by atoms with E-state index in [0.29, 0.717) is 10.5 Å². The van der Waals surface area contributed by atoms with Gasteiger partial charge in [0.1, 0.15) is 5.76 Å². The molecule has 8 nitrogen and oxygen atoms in total. The van der Waals surface area contributed by atoms with Crippen molar-refractivity contribution in [2.45, 2.75) is 18.5 Å². The first-order valence-corrected chi connectivity index (χ1v) is 8.32. The van der Waals surface area contributed by atoms with Gasteiger partial charge in [-0.25, -0.2) is 10.9 Å². The number of rotatable bonds is 3. The summed E-state index contributed by atoms with van der Waals surface area (Å²) in [4.78, 5) is 0. The first-order chi connectivity index (χ1) is 12.3. The fourth-order valence-electron chi connectivity index (χ4n) is 3.22. The molecule has 0 amide bonds. The summed E-state index contributed by atoms with van der Waals surface area (Å²) < 4.78 is 18.8. The lowest BCUT2D eigenvalue weighted by atomic mass is 10.1. The van der Waals surface area contributed by atoms with E-state index in [2.05, 4.69) is 21.0 Å². The number of hydrazine groups is 1. The molecule has 0 bridgehead atoms. The molecular formula is C16H15N5O3S. The van der Waals surface area contributed by atoms with Crippen LogP contribution in [-0.4, -0.2) is 21.6 Å². The van der Waals surface area contributed by atoms with Gasteiger partial charge in [0, 0.05) is 6.07 Å². The lowest BCUT2D eigenvalue weighted by Crippen LogP contribution is -2.27. The Hall–Kier alpha value is -2.62. The second kappa shape index (κ2) is 5.73. The Bertz CT molecular complexity index is 965. The minimum absolute atomic E-state index is 0.0199. The molecule has 25 heavy (non-hydrogen) atoms. The Morgan fingerprint density at radius 2 is 2.00 bits per heavy atom. The van der Waals surface area contributed by atoms with Crippen molar-refractivity contribution in [2.24, 2.45) is 0 Å². The van der Waals surface area contributed by atoms with Crippen molar-refractivity contribution in [3.05, 3.63) is 53.0 Å². The Morgan fingerprint density at radius 3 is 2.88 bits per heavy atom. The van der Waals surface area contributed by atoms with Crippen LogP contribution in [0.15, 0.2) is 41.0 Å². The van der Waals surface area contributed by atoms with Crippen molar-refractivity contribution >= 4 is 12.2 Å². The first kappa shape index (κ1) is 14.7. The van der Waals surface area contributed by atoms with Gasteiger partial charge in [-0.05, 0) is 42.9 Å². The molecule has 2 aliphatic heterocycles. The Morgan fingerprint density at radius 1 is 1.12 bits per heavy atom. The summed E-state index contributed by atoms with van der Waals surface area (Å²) in [5, 5.41) is 7.31. The van der Waals surface area contributed by atoms with E-state index in [-0.39, 0.29) is 18.9 Å². The topological polar surface area (TPSA) is 89.3 Å². The molecule has 3 aromatic rings. The third-order valence-electron chi connectivity index (χ3n) is 4.41. The summed E-state index contributed by atoms with van der Waals surface area (Å²) in [6, 6.07) is 9.62. The number of aromatic nitrogens is 3. The second-order valence-corrected chi connectivity index (χ2v) is 6.29. The molecule has 0 saturated carbocycles. The molecule has 1 aromatic carbocycles. The highest BCUT2D eigenvalue weighted by molar-refractivity contribution is 7.71. The van der Waals surface area contributed by atoms with Gasteiger partial charge < -0.3 is 13.9 Å². The van der Waals surface area contributed by atoms with Crippen LogP contribution in [0.5, 0.6) is 11.5 Å². The van der Waals surface area contributed by atoms with E-state index in [9.17, 15) is 0 Å². The zero-order valence-electron chi connectivity index (χ0n) is 13.1. The molecule has 2 aromatic heterocycles. The highest BCUT2D eigenvalue weighted by Crippen LogP contribution is 2.35. The maximum atomic E-state index is 5.48. The van der Waals surface area contributed by atoms with Crippen LogP contribution < -0.4 is 20.3 Å². The standard InChI is InChI=1S/C16H15N5O3S/c25-16-20-19-15(11-7-10(17-18-11)12-2-1-5-22-12)21(16)9-3-4-13-14(6-9)24-8-23-13/h1-6,10-11,17-18H,7-8H2,(H,20,25). The molecule has 1 fully saturated rings. The summed E-state index contributed by atoms with van der Waals surface area (Å²) in [6.45, 7) is 0.237. The average molecular weight is 357 g/mol. The summed E-state index contributed by atoms with van der Waals surface area (Å²) in [7, 11) is 0. The number of nitrogens with zero attached hydrogens (tertiary/aromatic N) is 2. The monoisotopic (exact) mass is 357 g/mol. The largest absolute Gasteiger partial charge is 0.468 e. The van der Waals surface area contributed by atoms with Crippen molar-refractivity contribution in [1.29, 1.82) is 0 Å². The zero-order valence-corrected chi connectivity index (χ0v) is 13.9. The maximum absolute atomic E-state index is 5.48. The van der Waals surface area contributed by atoms with Gasteiger partial charge in [-0.3, -0.25) is 9.67 Å². The van der Waals surface area contributed by atoms with E-state index in [1.807, 2.05) is 34.9 Å².